The minimum atomic E-state index is -0.213. The van der Waals surface area contributed by atoms with Gasteiger partial charge in [0, 0.05) is 24.4 Å². The summed E-state index contributed by atoms with van der Waals surface area (Å²) in [6, 6.07) is 10.5. The lowest BCUT2D eigenvalue weighted by Crippen LogP contribution is -2.34. The highest BCUT2D eigenvalue weighted by atomic mass is 19.1. The summed E-state index contributed by atoms with van der Waals surface area (Å²) < 4.78 is 13.4. The largest absolute Gasteiger partial charge is 0.262 e. The van der Waals surface area contributed by atoms with Gasteiger partial charge in [0.1, 0.15) is 11.5 Å². The van der Waals surface area contributed by atoms with Crippen LogP contribution in [0.15, 0.2) is 48.8 Å². The van der Waals surface area contributed by atoms with Crippen LogP contribution in [0.3, 0.4) is 0 Å². The lowest BCUT2D eigenvalue weighted by atomic mass is 10.2. The first-order valence-corrected chi connectivity index (χ1v) is 5.11. The third kappa shape index (κ3) is 1.95. The second-order valence-corrected chi connectivity index (χ2v) is 4.14. The third-order valence-corrected chi connectivity index (χ3v) is 2.76. The molecule has 0 saturated heterocycles. The van der Waals surface area contributed by atoms with Crippen molar-refractivity contribution in [2.45, 2.75) is 0 Å². The maximum Gasteiger partial charge on any atom is 0.156 e. The molecule has 0 amide bonds. The lowest BCUT2D eigenvalue weighted by Gasteiger charge is -2.28. The molecule has 3 heteroatoms. The van der Waals surface area contributed by atoms with Crippen LogP contribution in [-0.2, 0) is 0 Å². The number of halogens is 1. The quantitative estimate of drug-likeness (QED) is 0.704. The van der Waals surface area contributed by atoms with Gasteiger partial charge in [-0.1, -0.05) is 0 Å². The smallest absolute Gasteiger partial charge is 0.156 e. The monoisotopic (exact) mass is 217 g/mol. The maximum absolute atomic E-state index is 12.9. The molecule has 2 aromatic rings. The number of nitrogens with zero attached hydrogens (tertiary/aromatic N) is 2. The van der Waals surface area contributed by atoms with E-state index in [-0.39, 0.29) is 5.82 Å². The van der Waals surface area contributed by atoms with Crippen molar-refractivity contribution in [3.63, 3.8) is 0 Å². The van der Waals surface area contributed by atoms with Crippen molar-refractivity contribution in [3.8, 4) is 0 Å². The van der Waals surface area contributed by atoms with Crippen LogP contribution in [0.5, 0.6) is 0 Å². The first-order valence-electron chi connectivity index (χ1n) is 5.11. The van der Waals surface area contributed by atoms with E-state index in [0.29, 0.717) is 4.48 Å². The summed E-state index contributed by atoms with van der Waals surface area (Å²) in [5, 5.41) is 0. The van der Waals surface area contributed by atoms with E-state index in [1.165, 1.54) is 12.1 Å². The Morgan fingerprint density at radius 2 is 1.69 bits per heavy atom. The van der Waals surface area contributed by atoms with Gasteiger partial charge >= 0.3 is 0 Å². The zero-order chi connectivity index (χ0) is 11.6. The Morgan fingerprint density at radius 3 is 2.25 bits per heavy atom. The highest BCUT2D eigenvalue weighted by molar-refractivity contribution is 5.55. The molecular weight excluding hydrogens is 203 g/mol. The summed E-state index contributed by atoms with van der Waals surface area (Å²) in [5.74, 6) is -0.213. The molecule has 82 valence electrons. The van der Waals surface area contributed by atoms with Crippen LogP contribution in [0, 0.1) is 5.82 Å². The Labute approximate surface area is 94.6 Å². The number of benzene rings is 1. The number of rotatable bonds is 2. The van der Waals surface area contributed by atoms with Crippen LogP contribution in [0.2, 0.25) is 0 Å². The predicted molar refractivity (Wildman–Crippen MR) is 63.9 cm³/mol. The van der Waals surface area contributed by atoms with E-state index in [1.54, 1.807) is 18.3 Å². The first kappa shape index (κ1) is 10.8. The van der Waals surface area contributed by atoms with Crippen LogP contribution in [0.4, 0.5) is 15.8 Å². The predicted octanol–water partition coefficient (Wildman–Crippen LogP) is 3.12. The zero-order valence-corrected chi connectivity index (χ0v) is 9.39. The average molecular weight is 217 g/mol. The molecule has 0 N–H and O–H groups in total. The van der Waals surface area contributed by atoms with Crippen LogP contribution in [-0.4, -0.2) is 19.1 Å². The lowest BCUT2D eigenvalue weighted by molar-refractivity contribution is 0.550. The van der Waals surface area contributed by atoms with Gasteiger partial charge in [0.2, 0.25) is 0 Å². The molecule has 0 spiro atoms. The van der Waals surface area contributed by atoms with E-state index in [2.05, 4.69) is 4.98 Å². The van der Waals surface area contributed by atoms with Crippen molar-refractivity contribution in [1.29, 1.82) is 0 Å². The molecule has 0 aliphatic rings. The van der Waals surface area contributed by atoms with Crippen LogP contribution < -0.4 is 4.48 Å². The van der Waals surface area contributed by atoms with Gasteiger partial charge in [0.15, 0.2) is 5.69 Å². The Balaban J connectivity index is 2.43. The van der Waals surface area contributed by atoms with E-state index in [4.69, 9.17) is 0 Å². The Kier molecular flexibility index (Phi) is 2.71. The highest BCUT2D eigenvalue weighted by Crippen LogP contribution is 2.29. The summed E-state index contributed by atoms with van der Waals surface area (Å²) in [6.07, 6.45) is 3.57. The summed E-state index contributed by atoms with van der Waals surface area (Å²) in [7, 11) is 4.09. The van der Waals surface area contributed by atoms with Crippen LogP contribution in [0.25, 0.3) is 0 Å². The second-order valence-electron chi connectivity index (χ2n) is 4.14. The molecule has 1 aromatic heterocycles. The van der Waals surface area contributed by atoms with Crippen molar-refractivity contribution in [2.24, 2.45) is 0 Å². The molecule has 0 fully saturated rings. The van der Waals surface area contributed by atoms with E-state index in [0.717, 1.165) is 11.4 Å². The van der Waals surface area contributed by atoms with Gasteiger partial charge in [-0.2, -0.15) is 0 Å². The summed E-state index contributed by atoms with van der Waals surface area (Å²) in [6.45, 7) is 0. The molecular formula is C13H14FN2+. The zero-order valence-electron chi connectivity index (χ0n) is 9.39. The summed E-state index contributed by atoms with van der Waals surface area (Å²) >= 11 is 0. The molecule has 0 aliphatic heterocycles. The molecule has 0 unspecified atom stereocenters. The molecule has 1 aromatic carbocycles. The van der Waals surface area contributed by atoms with Gasteiger partial charge in [-0.25, -0.2) is 4.39 Å². The molecule has 0 aliphatic carbocycles. The summed E-state index contributed by atoms with van der Waals surface area (Å²) in [5.41, 5.74) is 2.09. The molecule has 0 radical (unpaired) electrons. The standard InChI is InChI=1S/C13H14FN2/c1-16(2,13-4-3-9-15-10-13)12-7-5-11(14)6-8-12/h3-10H,1-2H3/q+1. The fraction of sp³-hybridized carbons (Fsp3) is 0.154. The van der Waals surface area contributed by atoms with Gasteiger partial charge in [-0.15, -0.1) is 0 Å². The van der Waals surface area contributed by atoms with Gasteiger partial charge in [0.05, 0.1) is 20.3 Å². The molecule has 0 atom stereocenters. The van der Waals surface area contributed by atoms with E-state index >= 15 is 0 Å². The van der Waals surface area contributed by atoms with Gasteiger partial charge in [0.25, 0.3) is 0 Å². The number of quaternary nitrogens is 1. The molecule has 0 bridgehead atoms. The van der Waals surface area contributed by atoms with Crippen molar-refractivity contribution in [2.75, 3.05) is 14.1 Å². The van der Waals surface area contributed by atoms with Crippen LogP contribution >= 0.6 is 0 Å². The van der Waals surface area contributed by atoms with Crippen molar-refractivity contribution in [3.05, 3.63) is 54.6 Å². The number of hydrogen-bond acceptors (Lipinski definition) is 1. The number of aromatic nitrogens is 1. The molecule has 0 saturated carbocycles. The van der Waals surface area contributed by atoms with Crippen LogP contribution in [0.1, 0.15) is 0 Å². The van der Waals surface area contributed by atoms with Crippen molar-refractivity contribution >= 4 is 11.4 Å². The number of pyridine rings is 1. The number of hydrogen-bond donors (Lipinski definition) is 0. The van der Waals surface area contributed by atoms with Crippen molar-refractivity contribution in [1.82, 2.24) is 9.47 Å². The first-order chi connectivity index (χ1) is 7.60. The van der Waals surface area contributed by atoms with Gasteiger partial charge in [-0.3, -0.25) is 9.47 Å². The van der Waals surface area contributed by atoms with Gasteiger partial charge in [-0.05, 0) is 18.2 Å². The fourth-order valence-electron chi connectivity index (χ4n) is 1.65. The third-order valence-electron chi connectivity index (χ3n) is 2.76. The SMILES string of the molecule is C[N+](C)(c1ccc(F)cc1)c1cccnc1. The minimum Gasteiger partial charge on any atom is -0.262 e. The molecule has 1 heterocycles. The second kappa shape index (κ2) is 4.02. The van der Waals surface area contributed by atoms with E-state index in [1.807, 2.05) is 32.4 Å². The van der Waals surface area contributed by atoms with Gasteiger partial charge < -0.3 is 0 Å². The Bertz CT molecular complexity index is 463. The molecule has 2 nitrogen and oxygen atoms in total. The molecule has 16 heavy (non-hydrogen) atoms. The normalized spacial score (nSPS) is 11.4. The Hall–Kier alpha value is -1.74. The topological polar surface area (TPSA) is 12.9 Å². The minimum absolute atomic E-state index is 0.213. The van der Waals surface area contributed by atoms with E-state index in [9.17, 15) is 4.39 Å². The highest BCUT2D eigenvalue weighted by Gasteiger charge is 2.22. The maximum atomic E-state index is 12.9. The van der Waals surface area contributed by atoms with Crippen molar-refractivity contribution < 1.29 is 4.39 Å². The average Bonchev–Trinajstić information content (AvgIpc) is 2.31. The Morgan fingerprint density at radius 1 is 1.00 bits per heavy atom. The molecule has 2 rings (SSSR count). The van der Waals surface area contributed by atoms with E-state index < -0.39 is 0 Å². The fourth-order valence-corrected chi connectivity index (χ4v) is 1.65. The summed E-state index contributed by atoms with van der Waals surface area (Å²) in [4.78, 5) is 4.10.